The molecule has 0 saturated heterocycles. The molecule has 0 aromatic heterocycles. The maximum atomic E-state index is 11.1. The number of hydrogen-bond acceptors (Lipinski definition) is 3. The van der Waals surface area contributed by atoms with Gasteiger partial charge in [0.1, 0.15) is 0 Å². The first-order valence-corrected chi connectivity index (χ1v) is 3.83. The second-order valence-corrected chi connectivity index (χ2v) is 3.51. The number of halogens is 1. The topological polar surface area (TPSA) is 29.5 Å². The lowest BCUT2D eigenvalue weighted by atomic mass is 10.2. The third kappa shape index (κ3) is 4.90. The molecule has 3 nitrogen and oxygen atoms in total. The summed E-state index contributed by atoms with van der Waals surface area (Å²) in [6.07, 6.45) is 0. The third-order valence-electron chi connectivity index (χ3n) is 1.77. The van der Waals surface area contributed by atoms with E-state index in [2.05, 4.69) is 6.58 Å². The van der Waals surface area contributed by atoms with Crippen LogP contribution in [0.2, 0.25) is 0 Å². The van der Waals surface area contributed by atoms with Crippen LogP contribution in [0, 0.1) is 0 Å². The minimum absolute atomic E-state index is 0. The molecule has 0 unspecified atom stereocenters. The summed E-state index contributed by atoms with van der Waals surface area (Å²) < 4.78 is 5.15. The van der Waals surface area contributed by atoms with E-state index in [9.17, 15) is 4.79 Å². The fraction of sp³-hybridized carbons (Fsp3) is 0.667. The normalized spacial score (nSPS) is 10.6. The summed E-state index contributed by atoms with van der Waals surface area (Å²) in [7, 11) is 3.71. The van der Waals surface area contributed by atoms with Gasteiger partial charge in [-0.3, -0.25) is 4.90 Å². The van der Waals surface area contributed by atoms with Crippen molar-refractivity contribution in [3.05, 3.63) is 12.2 Å². The Balaban J connectivity index is 0. The highest BCUT2D eigenvalue weighted by molar-refractivity contribution is 5.87. The van der Waals surface area contributed by atoms with E-state index in [1.165, 1.54) is 0 Å². The molecule has 0 aliphatic carbocycles. The van der Waals surface area contributed by atoms with Crippen LogP contribution in [0.25, 0.3) is 0 Å². The van der Waals surface area contributed by atoms with Crippen LogP contribution in [0.15, 0.2) is 12.2 Å². The van der Waals surface area contributed by atoms with E-state index in [4.69, 9.17) is 4.74 Å². The number of carbonyl (C=O) groups is 1. The summed E-state index contributed by atoms with van der Waals surface area (Å²) in [4.78, 5) is 12.9. The second kappa shape index (κ2) is 5.25. The van der Waals surface area contributed by atoms with Crippen molar-refractivity contribution in [2.45, 2.75) is 26.5 Å². The van der Waals surface area contributed by atoms with Gasteiger partial charge in [-0.25, -0.2) is 4.79 Å². The van der Waals surface area contributed by atoms with Gasteiger partial charge in [0.05, 0.1) is 0 Å². The van der Waals surface area contributed by atoms with Crippen molar-refractivity contribution in [2.75, 3.05) is 14.1 Å². The molecule has 13 heavy (non-hydrogen) atoms. The lowest BCUT2D eigenvalue weighted by Crippen LogP contribution is -2.42. The zero-order valence-electron chi connectivity index (χ0n) is 8.88. The molecular weight excluding hydrogens is 190 g/mol. The summed E-state index contributed by atoms with van der Waals surface area (Å²) in [5.41, 5.74) is -0.152. The number of ether oxygens (including phenoxy) is 1. The Morgan fingerprint density at radius 2 is 1.77 bits per heavy atom. The van der Waals surface area contributed by atoms with E-state index in [1.807, 2.05) is 32.8 Å². The molecule has 0 radical (unpaired) electrons. The number of carbonyl (C=O) groups excluding carboxylic acids is 1. The molecule has 0 fully saturated rings. The average molecular weight is 208 g/mol. The molecule has 0 N–H and O–H groups in total. The first kappa shape index (κ1) is 15.0. The molecule has 78 valence electrons. The van der Waals surface area contributed by atoms with Gasteiger partial charge < -0.3 is 4.74 Å². The van der Waals surface area contributed by atoms with Gasteiger partial charge in [-0.15, -0.1) is 12.4 Å². The highest BCUT2D eigenvalue weighted by Gasteiger charge is 2.25. The maximum absolute atomic E-state index is 11.1. The van der Waals surface area contributed by atoms with E-state index in [0.29, 0.717) is 5.57 Å². The van der Waals surface area contributed by atoms with Crippen LogP contribution in [-0.2, 0) is 9.53 Å². The van der Waals surface area contributed by atoms with Crippen LogP contribution >= 0.6 is 12.4 Å². The molecule has 0 rings (SSSR count). The largest absolute Gasteiger partial charge is 0.441 e. The smallest absolute Gasteiger partial charge is 0.334 e. The Kier molecular flexibility index (Phi) is 6.04. The van der Waals surface area contributed by atoms with E-state index < -0.39 is 5.72 Å². The fourth-order valence-corrected chi connectivity index (χ4v) is 0.405. The summed E-state index contributed by atoms with van der Waals surface area (Å²) in [6.45, 7) is 8.79. The minimum Gasteiger partial charge on any atom is -0.441 e. The zero-order chi connectivity index (χ0) is 9.94. The van der Waals surface area contributed by atoms with Crippen molar-refractivity contribution in [3.63, 3.8) is 0 Å². The van der Waals surface area contributed by atoms with Crippen LogP contribution < -0.4 is 0 Å². The minimum atomic E-state index is -0.573. The Morgan fingerprint density at radius 1 is 1.38 bits per heavy atom. The molecular formula is C9H18ClNO2. The Labute approximate surface area is 86.2 Å². The van der Waals surface area contributed by atoms with Gasteiger partial charge in [0.25, 0.3) is 0 Å². The van der Waals surface area contributed by atoms with Crippen LogP contribution in [0.3, 0.4) is 0 Å². The van der Waals surface area contributed by atoms with Gasteiger partial charge in [-0.05, 0) is 34.9 Å². The predicted molar refractivity (Wildman–Crippen MR) is 55.9 cm³/mol. The summed E-state index contributed by atoms with van der Waals surface area (Å²) in [5.74, 6) is -0.353. The van der Waals surface area contributed by atoms with Crippen LogP contribution in [-0.4, -0.2) is 30.7 Å². The standard InChI is InChI=1S/C9H17NO2.ClH/c1-7(2)8(11)12-9(3,4)10(5)6;/h1H2,2-6H3;1H. The van der Waals surface area contributed by atoms with E-state index in [-0.39, 0.29) is 18.4 Å². The van der Waals surface area contributed by atoms with E-state index in [1.54, 1.807) is 6.92 Å². The van der Waals surface area contributed by atoms with Crippen molar-refractivity contribution in [1.82, 2.24) is 4.90 Å². The average Bonchev–Trinajstić information content (AvgIpc) is 1.85. The van der Waals surface area contributed by atoms with Gasteiger partial charge in [0.15, 0.2) is 5.72 Å². The number of rotatable bonds is 3. The molecule has 0 saturated carbocycles. The molecule has 0 aromatic carbocycles. The van der Waals surface area contributed by atoms with Crippen LogP contribution in [0.4, 0.5) is 0 Å². The zero-order valence-corrected chi connectivity index (χ0v) is 9.70. The Hall–Kier alpha value is -0.540. The summed E-state index contributed by atoms with van der Waals surface area (Å²) >= 11 is 0. The number of hydrogen-bond donors (Lipinski definition) is 0. The monoisotopic (exact) mass is 207 g/mol. The number of esters is 1. The molecule has 0 aromatic rings. The highest BCUT2D eigenvalue weighted by Crippen LogP contribution is 2.13. The molecule has 0 atom stereocenters. The van der Waals surface area contributed by atoms with Gasteiger partial charge in [0.2, 0.25) is 0 Å². The van der Waals surface area contributed by atoms with Crippen molar-refractivity contribution < 1.29 is 9.53 Å². The van der Waals surface area contributed by atoms with Crippen molar-refractivity contribution >= 4 is 18.4 Å². The third-order valence-corrected chi connectivity index (χ3v) is 1.77. The fourth-order valence-electron chi connectivity index (χ4n) is 0.405. The molecule has 0 aliphatic rings. The molecule has 0 heterocycles. The van der Waals surface area contributed by atoms with Crippen molar-refractivity contribution in [2.24, 2.45) is 0 Å². The quantitative estimate of drug-likeness (QED) is 0.402. The summed E-state index contributed by atoms with van der Waals surface area (Å²) in [6, 6.07) is 0. The molecule has 0 amide bonds. The van der Waals surface area contributed by atoms with Crippen LogP contribution in [0.1, 0.15) is 20.8 Å². The molecule has 0 spiro atoms. The van der Waals surface area contributed by atoms with Crippen molar-refractivity contribution in [1.29, 1.82) is 0 Å². The van der Waals surface area contributed by atoms with Gasteiger partial charge >= 0.3 is 5.97 Å². The van der Waals surface area contributed by atoms with E-state index >= 15 is 0 Å². The van der Waals surface area contributed by atoms with Crippen LogP contribution in [0.5, 0.6) is 0 Å². The number of nitrogens with zero attached hydrogens (tertiary/aromatic N) is 1. The maximum Gasteiger partial charge on any atom is 0.334 e. The lowest BCUT2D eigenvalue weighted by Gasteiger charge is -2.31. The van der Waals surface area contributed by atoms with Gasteiger partial charge in [0, 0.05) is 5.57 Å². The van der Waals surface area contributed by atoms with Crippen molar-refractivity contribution in [3.8, 4) is 0 Å². The molecule has 4 heteroatoms. The highest BCUT2D eigenvalue weighted by atomic mass is 35.5. The first-order valence-electron chi connectivity index (χ1n) is 3.83. The molecule has 0 aliphatic heterocycles. The first-order chi connectivity index (χ1) is 5.27. The molecule has 0 bridgehead atoms. The Morgan fingerprint density at radius 3 is 2.00 bits per heavy atom. The Bertz CT molecular complexity index is 200. The predicted octanol–water partition coefficient (Wildman–Crippen LogP) is 1.83. The van der Waals surface area contributed by atoms with Gasteiger partial charge in [-0.1, -0.05) is 6.58 Å². The van der Waals surface area contributed by atoms with Gasteiger partial charge in [-0.2, -0.15) is 0 Å². The summed E-state index contributed by atoms with van der Waals surface area (Å²) in [5, 5.41) is 0. The second-order valence-electron chi connectivity index (χ2n) is 3.51. The lowest BCUT2D eigenvalue weighted by molar-refractivity contribution is -0.166. The SMILES string of the molecule is C=C(C)C(=O)OC(C)(C)N(C)C.Cl. The van der Waals surface area contributed by atoms with E-state index in [0.717, 1.165) is 0 Å².